The summed E-state index contributed by atoms with van der Waals surface area (Å²) in [6, 6.07) is 6.82. The van der Waals surface area contributed by atoms with Gasteiger partial charge < -0.3 is 20.1 Å². The van der Waals surface area contributed by atoms with Crippen LogP contribution < -0.4 is 15.8 Å². The smallest absolute Gasteiger partial charge is 0.253 e. The van der Waals surface area contributed by atoms with Crippen LogP contribution in [0.25, 0.3) is 10.9 Å². The van der Waals surface area contributed by atoms with Crippen LogP contribution in [-0.2, 0) is 6.54 Å². The van der Waals surface area contributed by atoms with Gasteiger partial charge in [0.2, 0.25) is 0 Å². The molecule has 2 heterocycles. The highest BCUT2D eigenvalue weighted by Gasteiger charge is 2.30. The molecule has 1 fully saturated rings. The van der Waals surface area contributed by atoms with Crippen molar-refractivity contribution in [3.8, 4) is 0 Å². The van der Waals surface area contributed by atoms with E-state index in [-0.39, 0.29) is 5.56 Å². The van der Waals surface area contributed by atoms with Crippen molar-refractivity contribution in [3.05, 3.63) is 45.2 Å². The van der Waals surface area contributed by atoms with E-state index in [1.54, 1.807) is 4.90 Å². The highest BCUT2D eigenvalue weighted by atomic mass is 32.1. The van der Waals surface area contributed by atoms with Gasteiger partial charge in [-0.2, -0.15) is 0 Å². The molecule has 6 heteroatoms. The summed E-state index contributed by atoms with van der Waals surface area (Å²) in [5.74, 6) is 0.518. The summed E-state index contributed by atoms with van der Waals surface area (Å²) < 4.78 is 0. The minimum Gasteiger partial charge on any atom is -0.362 e. The molecule has 0 aliphatic carbocycles. The topological polar surface area (TPSA) is 52.6 Å². The molecule has 2 atom stereocenters. The minimum atomic E-state index is -0.0148. The number of H-pyrrole nitrogens is 1. The molecule has 0 radical (unpaired) electrons. The van der Waals surface area contributed by atoms with E-state index in [1.807, 2.05) is 6.07 Å². The number of quaternary nitrogens is 1. The highest BCUT2D eigenvalue weighted by Crippen LogP contribution is 2.19. The number of aromatic nitrogens is 1. The Balaban J connectivity index is 1.87. The van der Waals surface area contributed by atoms with Crippen LogP contribution in [0.1, 0.15) is 50.3 Å². The molecule has 0 bridgehead atoms. The van der Waals surface area contributed by atoms with Gasteiger partial charge in [-0.15, -0.1) is 0 Å². The lowest BCUT2D eigenvalue weighted by molar-refractivity contribution is -0.909. The Bertz CT molecular complexity index is 952. The van der Waals surface area contributed by atoms with Crippen molar-refractivity contribution in [3.63, 3.8) is 0 Å². The van der Waals surface area contributed by atoms with Gasteiger partial charge in [-0.05, 0) is 61.5 Å². The number of likely N-dealkylation sites (tertiary alicyclic amines) is 1. The molecular weight excluding hydrogens is 392 g/mol. The van der Waals surface area contributed by atoms with Crippen molar-refractivity contribution in [1.29, 1.82) is 0 Å². The molecule has 1 saturated heterocycles. The standard InChI is InChI=1S/C24H36N4OS/c1-6-27-11-7-8-21(27)15-28(24(30)25-13-16(2)3)14-20-12-19-10-9-17(4)18(5)22(19)26-23(20)29/h9-10,12,16,21H,6-8,11,13-15H2,1-5H3,(H,25,30)(H,26,29)/p+1/t21-/m1/s1. The number of hydrogen-bond acceptors (Lipinski definition) is 2. The van der Waals surface area contributed by atoms with Gasteiger partial charge in [-0.3, -0.25) is 4.79 Å². The zero-order valence-electron chi connectivity index (χ0n) is 19.1. The summed E-state index contributed by atoms with van der Waals surface area (Å²) in [5.41, 5.74) is 4.02. The Hall–Kier alpha value is -1.92. The Labute approximate surface area is 185 Å². The van der Waals surface area contributed by atoms with Gasteiger partial charge in [-0.1, -0.05) is 26.0 Å². The number of nitrogens with zero attached hydrogens (tertiary/aromatic N) is 1. The molecule has 1 unspecified atom stereocenters. The zero-order valence-corrected chi connectivity index (χ0v) is 19.9. The van der Waals surface area contributed by atoms with E-state index in [0.29, 0.717) is 18.5 Å². The van der Waals surface area contributed by atoms with E-state index in [9.17, 15) is 4.79 Å². The average molecular weight is 430 g/mol. The van der Waals surface area contributed by atoms with Gasteiger partial charge in [0.25, 0.3) is 5.56 Å². The van der Waals surface area contributed by atoms with Gasteiger partial charge in [-0.25, -0.2) is 0 Å². The number of likely N-dealkylation sites (N-methyl/N-ethyl adjacent to an activating group) is 1. The van der Waals surface area contributed by atoms with Crippen molar-refractivity contribution >= 4 is 28.2 Å². The fourth-order valence-electron chi connectivity index (χ4n) is 4.45. The van der Waals surface area contributed by atoms with Crippen LogP contribution in [0.4, 0.5) is 0 Å². The lowest BCUT2D eigenvalue weighted by Gasteiger charge is -2.30. The van der Waals surface area contributed by atoms with E-state index in [2.05, 4.69) is 62.0 Å². The maximum Gasteiger partial charge on any atom is 0.253 e. The SMILES string of the molecule is CC[NH+]1CCC[C@@H]1CN(Cc1cc2ccc(C)c(C)c2[nH]c1=O)C(=S)NCC(C)C. The molecule has 164 valence electrons. The second-order valence-corrected chi connectivity index (χ2v) is 9.54. The summed E-state index contributed by atoms with van der Waals surface area (Å²) >= 11 is 5.77. The van der Waals surface area contributed by atoms with Crippen LogP contribution in [0.3, 0.4) is 0 Å². The Morgan fingerprint density at radius 3 is 2.83 bits per heavy atom. The largest absolute Gasteiger partial charge is 0.362 e. The first kappa shape index (κ1) is 22.8. The first-order chi connectivity index (χ1) is 14.3. The maximum absolute atomic E-state index is 12.9. The maximum atomic E-state index is 12.9. The number of fused-ring (bicyclic) bond motifs is 1. The van der Waals surface area contributed by atoms with Crippen molar-refractivity contribution in [2.45, 2.75) is 60.0 Å². The number of aryl methyl sites for hydroxylation is 2. The van der Waals surface area contributed by atoms with Crippen molar-refractivity contribution in [2.75, 3.05) is 26.2 Å². The number of nitrogens with one attached hydrogen (secondary N) is 3. The normalized spacial score (nSPS) is 18.9. The van der Waals surface area contributed by atoms with Crippen LogP contribution in [0.2, 0.25) is 0 Å². The molecule has 1 aromatic heterocycles. The molecule has 0 amide bonds. The third-order valence-corrected chi connectivity index (χ3v) is 6.86. The van der Waals surface area contributed by atoms with Crippen LogP contribution in [0.5, 0.6) is 0 Å². The summed E-state index contributed by atoms with van der Waals surface area (Å²) in [7, 11) is 0. The number of aromatic amines is 1. The second-order valence-electron chi connectivity index (χ2n) is 9.16. The highest BCUT2D eigenvalue weighted by molar-refractivity contribution is 7.80. The lowest BCUT2D eigenvalue weighted by atomic mass is 10.0. The van der Waals surface area contributed by atoms with Crippen molar-refractivity contribution in [2.24, 2.45) is 5.92 Å². The van der Waals surface area contributed by atoms with E-state index >= 15 is 0 Å². The van der Waals surface area contributed by atoms with E-state index in [0.717, 1.165) is 46.8 Å². The molecule has 0 saturated carbocycles. The number of benzene rings is 1. The molecule has 5 nitrogen and oxygen atoms in total. The predicted molar refractivity (Wildman–Crippen MR) is 129 cm³/mol. The van der Waals surface area contributed by atoms with E-state index in [4.69, 9.17) is 12.2 Å². The van der Waals surface area contributed by atoms with Crippen LogP contribution in [0.15, 0.2) is 23.0 Å². The number of thiocarbonyl (C=S) groups is 1. The molecular formula is C24H37N4OS+. The first-order valence-electron chi connectivity index (χ1n) is 11.3. The molecule has 3 rings (SSSR count). The zero-order chi connectivity index (χ0) is 21.8. The Morgan fingerprint density at radius 1 is 1.37 bits per heavy atom. The van der Waals surface area contributed by atoms with Crippen LogP contribution in [-0.4, -0.2) is 47.2 Å². The predicted octanol–water partition coefficient (Wildman–Crippen LogP) is 2.54. The van der Waals surface area contributed by atoms with Crippen molar-refractivity contribution in [1.82, 2.24) is 15.2 Å². The molecule has 1 aliphatic heterocycles. The lowest BCUT2D eigenvalue weighted by Crippen LogP contribution is -3.14. The quantitative estimate of drug-likeness (QED) is 0.592. The van der Waals surface area contributed by atoms with Crippen LogP contribution in [0, 0.1) is 19.8 Å². The van der Waals surface area contributed by atoms with Gasteiger partial charge in [0.15, 0.2) is 5.11 Å². The first-order valence-corrected chi connectivity index (χ1v) is 11.7. The van der Waals surface area contributed by atoms with Gasteiger partial charge >= 0.3 is 0 Å². The molecule has 2 aromatic rings. The monoisotopic (exact) mass is 429 g/mol. The molecule has 1 aromatic carbocycles. The third-order valence-electron chi connectivity index (χ3n) is 6.46. The summed E-state index contributed by atoms with van der Waals surface area (Å²) in [4.78, 5) is 19.9. The van der Waals surface area contributed by atoms with Crippen LogP contribution >= 0.6 is 12.2 Å². The number of hydrogen-bond donors (Lipinski definition) is 3. The fraction of sp³-hybridized carbons (Fsp3) is 0.583. The Kier molecular flexibility index (Phi) is 7.53. The van der Waals surface area contributed by atoms with Gasteiger partial charge in [0.05, 0.1) is 31.7 Å². The molecule has 30 heavy (non-hydrogen) atoms. The fourth-order valence-corrected chi connectivity index (χ4v) is 4.67. The summed E-state index contributed by atoms with van der Waals surface area (Å²) in [5, 5.41) is 5.25. The molecule has 1 aliphatic rings. The van der Waals surface area contributed by atoms with E-state index < -0.39 is 0 Å². The Morgan fingerprint density at radius 2 is 2.13 bits per heavy atom. The second kappa shape index (κ2) is 9.92. The average Bonchev–Trinajstić information content (AvgIpc) is 3.16. The number of rotatable bonds is 7. The summed E-state index contributed by atoms with van der Waals surface area (Å²) in [6.07, 6.45) is 2.49. The van der Waals surface area contributed by atoms with Gasteiger partial charge in [0, 0.05) is 24.9 Å². The van der Waals surface area contributed by atoms with Gasteiger partial charge in [0.1, 0.15) is 6.04 Å². The third kappa shape index (κ3) is 5.22. The molecule has 0 spiro atoms. The van der Waals surface area contributed by atoms with E-state index in [1.165, 1.54) is 24.9 Å². The van der Waals surface area contributed by atoms with Crippen molar-refractivity contribution < 1.29 is 4.90 Å². The number of pyridine rings is 1. The minimum absolute atomic E-state index is 0.0148. The summed E-state index contributed by atoms with van der Waals surface area (Å²) in [6.45, 7) is 15.4. The molecule has 3 N–H and O–H groups in total.